The molecule has 0 radical (unpaired) electrons. The van der Waals surface area contributed by atoms with Crippen molar-refractivity contribution >= 4 is 27.5 Å². The molecule has 1 aromatic carbocycles. The van der Waals surface area contributed by atoms with Gasteiger partial charge in [0.05, 0.1) is 30.4 Å². The molecule has 12 nitrogen and oxygen atoms in total. The SMILES string of the molecule is Cc1noc(C)c1S(=O)(=O)N(C)C[C@H]1OCCCC[C@H](C)Oc2ccc(NC(=O)C3CCCCC3)cc2C(=O)N([C@@H](C)CO)C[C@@H]1C. The lowest BCUT2D eigenvalue weighted by Crippen LogP contribution is -2.48. The number of hydrogen-bond acceptors (Lipinski definition) is 9. The van der Waals surface area contributed by atoms with Crippen LogP contribution in [0, 0.1) is 25.7 Å². The second-order valence-corrected chi connectivity index (χ2v) is 15.3. The summed E-state index contributed by atoms with van der Waals surface area (Å²) in [4.78, 5) is 29.1. The number of ether oxygens (including phenoxy) is 2. The minimum Gasteiger partial charge on any atom is -0.490 e. The Morgan fingerprint density at radius 1 is 1.13 bits per heavy atom. The monoisotopic (exact) mass is 676 g/mol. The number of carbonyl (C=O) groups excluding carboxylic acids is 2. The van der Waals surface area contributed by atoms with Crippen molar-refractivity contribution in [1.82, 2.24) is 14.4 Å². The summed E-state index contributed by atoms with van der Waals surface area (Å²) in [5.74, 6) is -0.148. The fourth-order valence-electron chi connectivity index (χ4n) is 6.42. The van der Waals surface area contributed by atoms with Crippen LogP contribution in [0.15, 0.2) is 27.6 Å². The van der Waals surface area contributed by atoms with E-state index in [9.17, 15) is 23.1 Å². The van der Waals surface area contributed by atoms with Crippen molar-refractivity contribution in [1.29, 1.82) is 0 Å². The smallest absolute Gasteiger partial charge is 0.258 e. The van der Waals surface area contributed by atoms with E-state index in [0.717, 1.165) is 44.9 Å². The van der Waals surface area contributed by atoms with Crippen LogP contribution < -0.4 is 10.1 Å². The van der Waals surface area contributed by atoms with Gasteiger partial charge in [-0.15, -0.1) is 0 Å². The molecule has 1 saturated carbocycles. The van der Waals surface area contributed by atoms with Crippen LogP contribution in [0.1, 0.15) is 93.9 Å². The maximum absolute atomic E-state index is 14.4. The third-order valence-electron chi connectivity index (χ3n) is 9.37. The number of amides is 2. The molecule has 1 aliphatic heterocycles. The number of nitrogens with zero attached hydrogens (tertiary/aromatic N) is 3. The van der Waals surface area contributed by atoms with Crippen LogP contribution in [0.3, 0.4) is 0 Å². The third-order valence-corrected chi connectivity index (χ3v) is 11.4. The normalized spacial score (nSPS) is 23.1. The molecule has 2 aliphatic rings. The highest BCUT2D eigenvalue weighted by Crippen LogP contribution is 2.31. The molecule has 0 bridgehead atoms. The number of benzene rings is 1. The van der Waals surface area contributed by atoms with Crippen molar-refractivity contribution in [3.8, 4) is 5.75 Å². The van der Waals surface area contributed by atoms with Crippen molar-refractivity contribution < 1.29 is 37.1 Å². The summed E-state index contributed by atoms with van der Waals surface area (Å²) in [6, 6.07) is 4.60. The number of aliphatic hydroxyl groups is 1. The van der Waals surface area contributed by atoms with E-state index in [0.29, 0.717) is 30.0 Å². The Morgan fingerprint density at radius 3 is 2.49 bits per heavy atom. The van der Waals surface area contributed by atoms with E-state index in [1.54, 1.807) is 43.9 Å². The van der Waals surface area contributed by atoms with Crippen LogP contribution in [0.2, 0.25) is 0 Å². The first kappa shape index (κ1) is 36.8. The summed E-state index contributed by atoms with van der Waals surface area (Å²) >= 11 is 0. The number of sulfonamides is 1. The molecule has 1 aromatic heterocycles. The molecule has 2 aromatic rings. The van der Waals surface area contributed by atoms with Crippen molar-refractivity contribution in [2.24, 2.45) is 11.8 Å². The third kappa shape index (κ3) is 9.13. The van der Waals surface area contributed by atoms with Crippen LogP contribution in [-0.2, 0) is 19.6 Å². The Balaban J connectivity index is 1.64. The van der Waals surface area contributed by atoms with Crippen LogP contribution in [-0.4, -0.2) is 91.3 Å². The molecule has 0 saturated heterocycles. The number of hydrogen-bond donors (Lipinski definition) is 2. The van der Waals surface area contributed by atoms with E-state index in [4.69, 9.17) is 14.0 Å². The van der Waals surface area contributed by atoms with E-state index in [1.807, 2.05) is 13.8 Å². The second-order valence-electron chi connectivity index (χ2n) is 13.3. The predicted octanol–water partition coefficient (Wildman–Crippen LogP) is 4.93. The number of carbonyl (C=O) groups is 2. The molecule has 2 N–H and O–H groups in total. The predicted molar refractivity (Wildman–Crippen MR) is 178 cm³/mol. The summed E-state index contributed by atoms with van der Waals surface area (Å²) in [5, 5.41) is 17.1. The zero-order chi connectivity index (χ0) is 34.3. The van der Waals surface area contributed by atoms with Gasteiger partial charge in [0.1, 0.15) is 16.3 Å². The van der Waals surface area contributed by atoms with Gasteiger partial charge in [0, 0.05) is 44.3 Å². The number of nitrogens with one attached hydrogen (secondary N) is 1. The Hall–Kier alpha value is -3.00. The lowest BCUT2D eigenvalue weighted by atomic mass is 9.88. The van der Waals surface area contributed by atoms with Gasteiger partial charge in [0.25, 0.3) is 5.91 Å². The number of fused-ring (bicyclic) bond motifs is 1. The quantitative estimate of drug-likeness (QED) is 0.397. The van der Waals surface area contributed by atoms with Crippen LogP contribution in [0.5, 0.6) is 5.75 Å². The van der Waals surface area contributed by atoms with Gasteiger partial charge in [0.2, 0.25) is 15.9 Å². The Bertz CT molecular complexity index is 1450. The molecule has 13 heteroatoms. The first-order valence-electron chi connectivity index (χ1n) is 16.9. The van der Waals surface area contributed by atoms with E-state index >= 15 is 0 Å². The van der Waals surface area contributed by atoms with Crippen molar-refractivity contribution in [3.05, 3.63) is 35.2 Å². The number of aryl methyl sites for hydroxylation is 2. The highest BCUT2D eigenvalue weighted by atomic mass is 32.2. The Morgan fingerprint density at radius 2 is 1.83 bits per heavy atom. The van der Waals surface area contributed by atoms with Crippen molar-refractivity contribution in [2.45, 2.75) is 109 Å². The van der Waals surface area contributed by atoms with Crippen LogP contribution in [0.25, 0.3) is 0 Å². The Labute approximate surface area is 279 Å². The number of likely N-dealkylation sites (N-methyl/N-ethyl adjacent to an activating group) is 1. The lowest BCUT2D eigenvalue weighted by molar-refractivity contribution is -0.120. The molecular formula is C34H52N4O8S. The zero-order valence-corrected chi connectivity index (χ0v) is 29.5. The number of anilines is 1. The molecule has 0 spiro atoms. The van der Waals surface area contributed by atoms with E-state index in [1.165, 1.54) is 11.4 Å². The molecule has 2 amide bonds. The molecule has 47 heavy (non-hydrogen) atoms. The maximum atomic E-state index is 14.4. The first-order chi connectivity index (χ1) is 22.3. The molecule has 2 heterocycles. The van der Waals surface area contributed by atoms with E-state index < -0.39 is 22.2 Å². The number of aromatic nitrogens is 1. The van der Waals surface area contributed by atoms with Gasteiger partial charge in [-0.3, -0.25) is 9.59 Å². The van der Waals surface area contributed by atoms with Gasteiger partial charge in [-0.2, -0.15) is 4.31 Å². The minimum absolute atomic E-state index is 0.0382. The summed E-state index contributed by atoms with van der Waals surface area (Å²) in [5.41, 5.74) is 1.09. The van der Waals surface area contributed by atoms with Crippen LogP contribution in [0.4, 0.5) is 5.69 Å². The summed E-state index contributed by atoms with van der Waals surface area (Å²) in [6.07, 6.45) is 6.43. The van der Waals surface area contributed by atoms with Gasteiger partial charge in [-0.1, -0.05) is 31.3 Å². The number of aliphatic hydroxyl groups excluding tert-OH is 1. The molecule has 0 unspecified atom stereocenters. The second kappa shape index (κ2) is 16.4. The van der Waals surface area contributed by atoms with Crippen molar-refractivity contribution in [3.63, 3.8) is 0 Å². The van der Waals surface area contributed by atoms with Crippen LogP contribution >= 0.6 is 0 Å². The fraction of sp³-hybridized carbons (Fsp3) is 0.676. The highest BCUT2D eigenvalue weighted by molar-refractivity contribution is 7.89. The van der Waals surface area contributed by atoms with Gasteiger partial charge in [-0.25, -0.2) is 8.42 Å². The average Bonchev–Trinajstić information content (AvgIpc) is 3.40. The fourth-order valence-corrected chi connectivity index (χ4v) is 7.89. The topological polar surface area (TPSA) is 152 Å². The van der Waals surface area contributed by atoms with E-state index in [2.05, 4.69) is 10.5 Å². The molecule has 4 rings (SSSR count). The van der Waals surface area contributed by atoms with E-state index in [-0.39, 0.29) is 65.8 Å². The van der Waals surface area contributed by atoms with Gasteiger partial charge >= 0.3 is 0 Å². The molecule has 262 valence electrons. The first-order valence-corrected chi connectivity index (χ1v) is 18.3. The molecule has 4 atom stereocenters. The zero-order valence-electron chi connectivity index (χ0n) is 28.7. The largest absolute Gasteiger partial charge is 0.490 e. The summed E-state index contributed by atoms with van der Waals surface area (Å²) in [7, 11) is -2.43. The van der Waals surface area contributed by atoms with Crippen molar-refractivity contribution in [2.75, 3.05) is 38.7 Å². The summed E-state index contributed by atoms with van der Waals surface area (Å²) < 4.78 is 46.1. The summed E-state index contributed by atoms with van der Waals surface area (Å²) in [6.45, 7) is 9.12. The Kier molecular flexibility index (Phi) is 12.9. The molecular weight excluding hydrogens is 624 g/mol. The lowest BCUT2D eigenvalue weighted by Gasteiger charge is -2.35. The van der Waals surface area contributed by atoms with Gasteiger partial charge in [-0.05, 0) is 78.0 Å². The molecule has 1 fully saturated rings. The van der Waals surface area contributed by atoms with Gasteiger partial charge in [0.15, 0.2) is 5.76 Å². The highest BCUT2D eigenvalue weighted by Gasteiger charge is 2.34. The maximum Gasteiger partial charge on any atom is 0.258 e. The van der Waals surface area contributed by atoms with Gasteiger partial charge < -0.3 is 29.3 Å². The molecule has 1 aliphatic carbocycles. The minimum atomic E-state index is -3.93. The number of rotatable bonds is 8. The standard InChI is InChI=1S/C34H52N4O8S/c1-22-19-38(23(2)21-39)34(41)29-18-28(35-33(40)27-13-8-7-9-14-27)15-16-30(29)45-24(3)12-10-11-17-44-31(22)20-37(6)47(42,43)32-25(4)36-46-26(32)5/h15-16,18,22-24,27,31,39H,7-14,17,19-21H2,1-6H3,(H,35,40)/t22-,23-,24-,31+/m0/s1. The average molecular weight is 677 g/mol.